The molecule has 10 aromatic carbocycles. The molecule has 0 N–H and O–H groups in total. The standard InChI is InChI=1S/C60H40N2O/c1-3-18-42(19-4-1)46-22-7-8-23-47(46)48-24-9-10-25-49(48)50-26-11-14-30-55(50)61(57-32-17-29-54-53-28-13-16-33-59(53)63-60(54)57)45-37-34-41(35-38-45)43-36-39-52-51-27-12-15-31-56(51)62(58(52)40-43)44-20-5-2-6-21-44/h1-40H. The van der Waals surface area contributed by atoms with Crippen LogP contribution in [-0.2, 0) is 0 Å². The van der Waals surface area contributed by atoms with E-state index in [1.165, 1.54) is 44.1 Å². The minimum Gasteiger partial charge on any atom is -0.454 e. The zero-order valence-corrected chi connectivity index (χ0v) is 34.4. The molecule has 0 atom stereocenters. The molecule has 2 aromatic heterocycles. The van der Waals surface area contributed by atoms with Crippen molar-refractivity contribution >= 4 is 60.8 Å². The van der Waals surface area contributed by atoms with E-state index in [1.54, 1.807) is 0 Å². The van der Waals surface area contributed by atoms with Gasteiger partial charge in [-0.2, -0.15) is 0 Å². The number of anilines is 3. The first-order valence-electron chi connectivity index (χ1n) is 21.5. The number of benzene rings is 10. The number of para-hydroxylation sites is 5. The summed E-state index contributed by atoms with van der Waals surface area (Å²) in [4.78, 5) is 2.38. The molecule has 0 fully saturated rings. The minimum absolute atomic E-state index is 0.847. The third-order valence-electron chi connectivity index (χ3n) is 12.4. The van der Waals surface area contributed by atoms with Crippen LogP contribution in [0.15, 0.2) is 247 Å². The molecular formula is C60H40N2O. The molecule has 3 heteroatoms. The summed E-state index contributed by atoms with van der Waals surface area (Å²) < 4.78 is 9.15. The average Bonchev–Trinajstić information content (AvgIpc) is 3.91. The Kier molecular flexibility index (Phi) is 8.83. The van der Waals surface area contributed by atoms with Gasteiger partial charge >= 0.3 is 0 Å². The average molecular weight is 805 g/mol. The smallest absolute Gasteiger partial charge is 0.159 e. The Morgan fingerprint density at radius 2 is 0.857 bits per heavy atom. The van der Waals surface area contributed by atoms with Crippen molar-refractivity contribution < 1.29 is 4.42 Å². The van der Waals surface area contributed by atoms with Crippen LogP contribution >= 0.6 is 0 Å². The highest BCUT2D eigenvalue weighted by Gasteiger charge is 2.24. The van der Waals surface area contributed by atoms with Crippen LogP contribution in [0.4, 0.5) is 17.1 Å². The van der Waals surface area contributed by atoms with Gasteiger partial charge in [-0.1, -0.05) is 188 Å². The van der Waals surface area contributed by atoms with Gasteiger partial charge in [0.1, 0.15) is 5.58 Å². The van der Waals surface area contributed by atoms with E-state index < -0.39 is 0 Å². The zero-order chi connectivity index (χ0) is 41.7. The van der Waals surface area contributed by atoms with Crippen molar-refractivity contribution in [2.24, 2.45) is 0 Å². The molecule has 0 bridgehead atoms. The van der Waals surface area contributed by atoms with E-state index in [2.05, 4.69) is 246 Å². The molecule has 63 heavy (non-hydrogen) atoms. The van der Waals surface area contributed by atoms with Crippen molar-refractivity contribution in [3.8, 4) is 50.2 Å². The maximum absolute atomic E-state index is 6.77. The number of rotatable bonds is 8. The Morgan fingerprint density at radius 1 is 0.317 bits per heavy atom. The number of fused-ring (bicyclic) bond motifs is 6. The van der Waals surface area contributed by atoms with E-state index in [0.717, 1.165) is 66.9 Å². The molecule has 0 saturated heterocycles. The molecule has 0 saturated carbocycles. The lowest BCUT2D eigenvalue weighted by Crippen LogP contribution is -2.11. The SMILES string of the molecule is c1ccc(-c2ccccc2-c2ccccc2-c2ccccc2N(c2ccc(-c3ccc4c5ccccc5n(-c5ccccc5)c4c3)cc2)c2cccc3c2oc2ccccc23)cc1. The third kappa shape index (κ3) is 6.21. The summed E-state index contributed by atoms with van der Waals surface area (Å²) >= 11 is 0. The van der Waals surface area contributed by atoms with Gasteiger partial charge in [-0.05, 0) is 93.5 Å². The number of hydrogen-bond donors (Lipinski definition) is 0. The summed E-state index contributed by atoms with van der Waals surface area (Å²) in [5, 5.41) is 4.67. The monoisotopic (exact) mass is 804 g/mol. The van der Waals surface area contributed by atoms with Crippen molar-refractivity contribution in [1.29, 1.82) is 0 Å². The van der Waals surface area contributed by atoms with Crippen LogP contribution in [0.1, 0.15) is 0 Å². The van der Waals surface area contributed by atoms with Gasteiger partial charge in [-0.15, -0.1) is 0 Å². The van der Waals surface area contributed by atoms with Crippen LogP contribution in [0.25, 0.3) is 93.9 Å². The van der Waals surface area contributed by atoms with E-state index in [0.29, 0.717) is 0 Å². The molecule has 2 heterocycles. The van der Waals surface area contributed by atoms with E-state index in [4.69, 9.17) is 4.42 Å². The van der Waals surface area contributed by atoms with Crippen molar-refractivity contribution in [3.05, 3.63) is 243 Å². The van der Waals surface area contributed by atoms with Crippen molar-refractivity contribution in [2.75, 3.05) is 4.90 Å². The molecule has 0 aliphatic rings. The quantitative estimate of drug-likeness (QED) is 0.153. The van der Waals surface area contributed by atoms with Gasteiger partial charge in [0, 0.05) is 38.5 Å². The maximum Gasteiger partial charge on any atom is 0.159 e. The summed E-state index contributed by atoms with van der Waals surface area (Å²) in [6.45, 7) is 0. The second-order valence-electron chi connectivity index (χ2n) is 16.0. The fourth-order valence-corrected chi connectivity index (χ4v) is 9.56. The van der Waals surface area contributed by atoms with Gasteiger partial charge in [0.25, 0.3) is 0 Å². The zero-order valence-electron chi connectivity index (χ0n) is 34.4. The van der Waals surface area contributed by atoms with Gasteiger partial charge in [0.05, 0.1) is 22.4 Å². The van der Waals surface area contributed by atoms with E-state index in [1.807, 2.05) is 6.07 Å². The fraction of sp³-hybridized carbons (Fsp3) is 0. The Morgan fingerprint density at radius 3 is 1.63 bits per heavy atom. The lowest BCUT2D eigenvalue weighted by molar-refractivity contribution is 0.669. The number of hydrogen-bond acceptors (Lipinski definition) is 2. The Labute approximate surface area is 366 Å². The largest absolute Gasteiger partial charge is 0.454 e. The van der Waals surface area contributed by atoms with Crippen molar-refractivity contribution in [2.45, 2.75) is 0 Å². The third-order valence-corrected chi connectivity index (χ3v) is 12.4. The highest BCUT2D eigenvalue weighted by molar-refractivity contribution is 6.12. The first kappa shape index (κ1) is 36.5. The normalized spacial score (nSPS) is 11.5. The second kappa shape index (κ2) is 15.3. The molecule has 3 nitrogen and oxygen atoms in total. The molecule has 0 amide bonds. The van der Waals surface area contributed by atoms with Gasteiger partial charge in [0.2, 0.25) is 0 Å². The van der Waals surface area contributed by atoms with E-state index in [-0.39, 0.29) is 0 Å². The predicted molar refractivity (Wildman–Crippen MR) is 264 cm³/mol. The second-order valence-corrected chi connectivity index (χ2v) is 16.0. The summed E-state index contributed by atoms with van der Waals surface area (Å²) in [7, 11) is 0. The Balaban J connectivity index is 1.04. The van der Waals surface area contributed by atoms with Crippen LogP contribution in [0.3, 0.4) is 0 Å². The topological polar surface area (TPSA) is 21.3 Å². The van der Waals surface area contributed by atoms with Gasteiger partial charge in [0.15, 0.2) is 5.58 Å². The summed E-state index contributed by atoms with van der Waals surface area (Å²) in [5.41, 5.74) is 17.6. The minimum atomic E-state index is 0.847. The van der Waals surface area contributed by atoms with Gasteiger partial charge in [-0.25, -0.2) is 0 Å². The first-order valence-corrected chi connectivity index (χ1v) is 21.5. The highest BCUT2D eigenvalue weighted by atomic mass is 16.3. The number of nitrogens with zero attached hydrogens (tertiary/aromatic N) is 2. The molecule has 296 valence electrons. The molecule has 0 aliphatic carbocycles. The van der Waals surface area contributed by atoms with E-state index >= 15 is 0 Å². The molecule has 0 unspecified atom stereocenters. The highest BCUT2D eigenvalue weighted by Crippen LogP contribution is 2.48. The van der Waals surface area contributed by atoms with Gasteiger partial charge < -0.3 is 13.9 Å². The van der Waals surface area contributed by atoms with Crippen LogP contribution < -0.4 is 4.90 Å². The van der Waals surface area contributed by atoms with Gasteiger partial charge in [-0.3, -0.25) is 0 Å². The van der Waals surface area contributed by atoms with Crippen LogP contribution in [0.5, 0.6) is 0 Å². The Hall–Kier alpha value is -8.40. The summed E-state index contributed by atoms with van der Waals surface area (Å²) in [6, 6.07) is 87.0. The van der Waals surface area contributed by atoms with Crippen LogP contribution in [0, 0.1) is 0 Å². The predicted octanol–water partition coefficient (Wildman–Crippen LogP) is 16.8. The Bertz CT molecular complexity index is 3620. The van der Waals surface area contributed by atoms with Crippen molar-refractivity contribution in [1.82, 2.24) is 4.57 Å². The molecule has 0 radical (unpaired) electrons. The summed E-state index contributed by atoms with van der Waals surface area (Å²) in [5.74, 6) is 0. The number of aromatic nitrogens is 1. The lowest BCUT2D eigenvalue weighted by atomic mass is 9.88. The molecular weight excluding hydrogens is 765 g/mol. The molecule has 0 spiro atoms. The maximum atomic E-state index is 6.77. The fourth-order valence-electron chi connectivity index (χ4n) is 9.56. The first-order chi connectivity index (χ1) is 31.3. The van der Waals surface area contributed by atoms with Crippen molar-refractivity contribution in [3.63, 3.8) is 0 Å². The number of furan rings is 1. The molecule has 0 aliphatic heterocycles. The summed E-state index contributed by atoms with van der Waals surface area (Å²) in [6.07, 6.45) is 0. The lowest BCUT2D eigenvalue weighted by Gasteiger charge is -2.28. The van der Waals surface area contributed by atoms with Crippen LogP contribution in [0.2, 0.25) is 0 Å². The van der Waals surface area contributed by atoms with Crippen LogP contribution in [-0.4, -0.2) is 4.57 Å². The van der Waals surface area contributed by atoms with E-state index in [9.17, 15) is 0 Å². The molecule has 12 rings (SSSR count). The molecule has 12 aromatic rings.